The summed E-state index contributed by atoms with van der Waals surface area (Å²) < 4.78 is 75.0. The van der Waals surface area contributed by atoms with Gasteiger partial charge in [-0.25, -0.2) is 19.4 Å². The van der Waals surface area contributed by atoms with E-state index >= 15 is 0 Å². The van der Waals surface area contributed by atoms with E-state index in [9.17, 15) is 17.6 Å². The van der Waals surface area contributed by atoms with E-state index in [1.165, 1.54) is 31.5 Å². The Morgan fingerprint density at radius 2 is 1.94 bits per heavy atom. The molecule has 35 heavy (non-hydrogen) atoms. The summed E-state index contributed by atoms with van der Waals surface area (Å²) in [6.45, 7) is 2.08. The van der Waals surface area contributed by atoms with Crippen molar-refractivity contribution in [2.75, 3.05) is 20.3 Å². The van der Waals surface area contributed by atoms with Crippen molar-refractivity contribution in [3.05, 3.63) is 48.0 Å². The first-order valence-electron chi connectivity index (χ1n) is 10.4. The minimum absolute atomic E-state index is 0.0918. The number of alkyl halides is 3. The predicted octanol–water partition coefficient (Wildman–Crippen LogP) is 3.84. The van der Waals surface area contributed by atoms with Crippen LogP contribution in [-0.2, 0) is 15.0 Å². The Bertz CT molecular complexity index is 1220. The number of aromatic nitrogens is 3. The fraction of sp³-hybridized carbons (Fsp3) is 0.364. The van der Waals surface area contributed by atoms with Crippen LogP contribution in [0.25, 0.3) is 22.7 Å². The van der Waals surface area contributed by atoms with E-state index in [4.69, 9.17) is 19.7 Å². The van der Waals surface area contributed by atoms with Gasteiger partial charge in [0.25, 0.3) is 6.02 Å². The molecular formula is C22H21F4N5O4. The minimum Gasteiger partial charge on any atom is -0.474 e. The molecule has 1 unspecified atom stereocenters. The molecule has 0 spiro atoms. The smallest absolute Gasteiger partial charge is 0.425 e. The van der Waals surface area contributed by atoms with E-state index in [0.717, 1.165) is 6.07 Å². The lowest BCUT2D eigenvalue weighted by molar-refractivity contribution is -0.208. The summed E-state index contributed by atoms with van der Waals surface area (Å²) in [5.41, 5.74) is 4.90. The Morgan fingerprint density at radius 1 is 1.14 bits per heavy atom. The molecule has 0 amide bonds. The Balaban J connectivity index is 1.60. The van der Waals surface area contributed by atoms with Gasteiger partial charge in [0.05, 0.1) is 24.5 Å². The van der Waals surface area contributed by atoms with Gasteiger partial charge in [-0.05, 0) is 25.1 Å². The fourth-order valence-corrected chi connectivity index (χ4v) is 3.59. The Labute approximate surface area is 196 Å². The van der Waals surface area contributed by atoms with Crippen molar-refractivity contribution in [2.45, 2.75) is 31.2 Å². The van der Waals surface area contributed by atoms with Crippen molar-refractivity contribution in [2.24, 2.45) is 10.7 Å². The lowest BCUT2D eigenvalue weighted by atomic mass is 9.84. The van der Waals surface area contributed by atoms with Gasteiger partial charge in [0, 0.05) is 30.7 Å². The van der Waals surface area contributed by atoms with E-state index < -0.39 is 36.1 Å². The van der Waals surface area contributed by atoms with Crippen LogP contribution in [0.3, 0.4) is 0 Å². The molecule has 0 saturated carbocycles. The summed E-state index contributed by atoms with van der Waals surface area (Å²) in [5.74, 6) is -0.201. The maximum absolute atomic E-state index is 14.8. The maximum Gasteiger partial charge on any atom is 0.425 e. The van der Waals surface area contributed by atoms with Crippen molar-refractivity contribution in [1.82, 2.24) is 15.1 Å². The normalized spacial score (nSPS) is 20.3. The number of hydrogen-bond acceptors (Lipinski definition) is 9. The average Bonchev–Trinajstić information content (AvgIpc) is 3.29. The van der Waals surface area contributed by atoms with Gasteiger partial charge in [-0.15, -0.1) is 0 Å². The van der Waals surface area contributed by atoms with Crippen LogP contribution in [0.2, 0.25) is 0 Å². The Morgan fingerprint density at radius 3 is 2.63 bits per heavy atom. The van der Waals surface area contributed by atoms with Crippen molar-refractivity contribution >= 4 is 6.02 Å². The zero-order valence-corrected chi connectivity index (χ0v) is 18.7. The molecule has 3 heterocycles. The molecule has 13 heteroatoms. The van der Waals surface area contributed by atoms with E-state index in [1.54, 1.807) is 13.2 Å². The lowest BCUT2D eigenvalue weighted by Gasteiger charge is -2.36. The highest BCUT2D eigenvalue weighted by Gasteiger charge is 2.50. The molecule has 0 bridgehead atoms. The molecule has 2 aromatic heterocycles. The number of ether oxygens (including phenoxy) is 3. The third kappa shape index (κ3) is 5.34. The van der Waals surface area contributed by atoms with Gasteiger partial charge < -0.3 is 24.5 Å². The number of aliphatic imine (C=N–C) groups is 1. The van der Waals surface area contributed by atoms with Crippen LogP contribution in [0.1, 0.15) is 18.9 Å². The number of methoxy groups -OCH3 is 1. The van der Waals surface area contributed by atoms with Gasteiger partial charge in [-0.1, -0.05) is 5.16 Å². The topological polar surface area (TPSA) is 118 Å². The Hall–Kier alpha value is -3.74. The number of benzene rings is 1. The molecule has 9 nitrogen and oxygen atoms in total. The van der Waals surface area contributed by atoms with Crippen molar-refractivity contribution in [3.63, 3.8) is 0 Å². The van der Waals surface area contributed by atoms with Gasteiger partial charge >= 0.3 is 6.18 Å². The lowest BCUT2D eigenvalue weighted by Crippen LogP contribution is -2.46. The van der Waals surface area contributed by atoms with Gasteiger partial charge in [0.15, 0.2) is 11.9 Å². The van der Waals surface area contributed by atoms with Crippen molar-refractivity contribution in [1.29, 1.82) is 0 Å². The van der Waals surface area contributed by atoms with Crippen LogP contribution in [0.5, 0.6) is 5.88 Å². The molecule has 2 atom stereocenters. The first-order valence-corrected chi connectivity index (χ1v) is 10.4. The maximum atomic E-state index is 14.8. The zero-order valence-electron chi connectivity index (χ0n) is 18.7. The van der Waals surface area contributed by atoms with Gasteiger partial charge in [-0.3, -0.25) is 0 Å². The third-order valence-corrected chi connectivity index (χ3v) is 5.34. The molecule has 0 radical (unpaired) electrons. The van der Waals surface area contributed by atoms with Crippen molar-refractivity contribution < 1.29 is 36.3 Å². The second kappa shape index (κ2) is 9.49. The van der Waals surface area contributed by atoms with E-state index in [1.807, 2.05) is 0 Å². The number of halogens is 4. The van der Waals surface area contributed by atoms with Crippen LogP contribution in [0, 0.1) is 5.82 Å². The van der Waals surface area contributed by atoms with E-state index in [-0.39, 0.29) is 11.3 Å². The van der Waals surface area contributed by atoms with E-state index in [0.29, 0.717) is 36.0 Å². The number of nitrogens with two attached hydrogens (primary N) is 1. The highest BCUT2D eigenvalue weighted by molar-refractivity contribution is 5.73. The van der Waals surface area contributed by atoms with Crippen LogP contribution < -0.4 is 10.5 Å². The van der Waals surface area contributed by atoms with Crippen LogP contribution >= 0.6 is 0 Å². The second-order valence-electron chi connectivity index (χ2n) is 7.93. The molecule has 0 fully saturated rings. The number of amidine groups is 1. The number of hydrogen-bond donors (Lipinski definition) is 1. The van der Waals surface area contributed by atoms with Gasteiger partial charge in [-0.2, -0.15) is 13.2 Å². The molecule has 1 aliphatic rings. The largest absolute Gasteiger partial charge is 0.474 e. The summed E-state index contributed by atoms with van der Waals surface area (Å²) in [5, 5.41) is 3.96. The zero-order chi connectivity index (χ0) is 25.2. The first-order chi connectivity index (χ1) is 16.6. The molecule has 4 rings (SSSR count). The highest BCUT2D eigenvalue weighted by atomic mass is 19.4. The second-order valence-corrected chi connectivity index (χ2v) is 7.93. The number of rotatable bonds is 7. The standard InChI is InChI=1S/C22H21F4N5O4/c1-21(9-18(22(24,25)26)34-20(27)30-21)13-7-12(3-4-14(13)23)17-8-15(31-35-17)16-10-29-19(11-28-16)33-6-5-32-2/h3-4,7-8,10-11,18H,5-6,9H2,1-2H3,(H2,27,30)/t18-,21?/m0/s1. The highest BCUT2D eigenvalue weighted by Crippen LogP contribution is 2.42. The van der Waals surface area contributed by atoms with E-state index in [2.05, 4.69) is 24.9 Å². The first kappa shape index (κ1) is 24.4. The molecule has 186 valence electrons. The third-order valence-electron chi connectivity index (χ3n) is 5.34. The summed E-state index contributed by atoms with van der Waals surface area (Å²) in [4.78, 5) is 12.3. The van der Waals surface area contributed by atoms with Crippen LogP contribution in [-0.4, -0.2) is 53.8 Å². The Kier molecular flexibility index (Phi) is 6.61. The molecule has 3 aromatic rings. The fourth-order valence-electron chi connectivity index (χ4n) is 3.59. The van der Waals surface area contributed by atoms with Crippen LogP contribution in [0.15, 0.2) is 46.2 Å². The molecule has 2 N–H and O–H groups in total. The summed E-state index contributed by atoms with van der Waals surface area (Å²) in [6, 6.07) is 4.77. The number of nitrogens with zero attached hydrogens (tertiary/aromatic N) is 4. The average molecular weight is 495 g/mol. The van der Waals surface area contributed by atoms with Gasteiger partial charge in [0.2, 0.25) is 5.88 Å². The molecule has 1 aromatic carbocycles. The SMILES string of the molecule is COCCOc1cnc(-c2cc(-c3ccc(F)c(C4(C)C[C@@H](C(F)(F)F)OC(N)=N4)c3)on2)cn1. The summed E-state index contributed by atoms with van der Waals surface area (Å²) in [7, 11) is 1.55. The molecule has 0 saturated heterocycles. The minimum atomic E-state index is -4.69. The molecule has 0 aliphatic carbocycles. The summed E-state index contributed by atoms with van der Waals surface area (Å²) >= 11 is 0. The predicted molar refractivity (Wildman–Crippen MR) is 115 cm³/mol. The van der Waals surface area contributed by atoms with Crippen molar-refractivity contribution in [3.8, 4) is 28.6 Å². The quantitative estimate of drug-likeness (QED) is 0.388. The molecular weight excluding hydrogens is 474 g/mol. The van der Waals surface area contributed by atoms with Gasteiger partial charge in [0.1, 0.15) is 23.8 Å². The molecule has 1 aliphatic heterocycles. The monoisotopic (exact) mass is 495 g/mol. The summed E-state index contributed by atoms with van der Waals surface area (Å²) in [6.07, 6.45) is -4.70. The van der Waals surface area contributed by atoms with Crippen LogP contribution in [0.4, 0.5) is 17.6 Å².